The molecule has 0 bridgehead atoms. The Morgan fingerprint density at radius 1 is 1.62 bits per heavy atom. The van der Waals surface area contributed by atoms with Crippen molar-refractivity contribution in [1.29, 1.82) is 0 Å². The maximum absolute atomic E-state index is 12.8. The smallest absolute Gasteiger partial charge is 0.288 e. The minimum Gasteiger partial charge on any atom is -0.392 e. The summed E-state index contributed by atoms with van der Waals surface area (Å²) < 4.78 is 12.8. The zero-order chi connectivity index (χ0) is 10.0. The first-order chi connectivity index (χ1) is 6.06. The molecular formula is C7H5ClFNO3. The van der Waals surface area contributed by atoms with E-state index < -0.39 is 23.0 Å². The SMILES string of the molecule is O=[N+]([O-])c1cc(CO)c(F)cc1Cl. The maximum atomic E-state index is 12.8. The van der Waals surface area contributed by atoms with Gasteiger partial charge in [0, 0.05) is 11.6 Å². The Bertz CT molecular complexity index is 356. The van der Waals surface area contributed by atoms with Gasteiger partial charge in [0.2, 0.25) is 0 Å². The second-order valence-electron chi connectivity index (χ2n) is 2.31. The highest BCUT2D eigenvalue weighted by Crippen LogP contribution is 2.27. The highest BCUT2D eigenvalue weighted by atomic mass is 35.5. The average molecular weight is 206 g/mol. The number of rotatable bonds is 2. The molecule has 1 N–H and O–H groups in total. The van der Waals surface area contributed by atoms with E-state index in [1.54, 1.807) is 0 Å². The molecule has 0 saturated carbocycles. The monoisotopic (exact) mass is 205 g/mol. The Hall–Kier alpha value is -1.20. The highest BCUT2D eigenvalue weighted by molar-refractivity contribution is 6.32. The van der Waals surface area contributed by atoms with E-state index in [0.29, 0.717) is 0 Å². The van der Waals surface area contributed by atoms with Gasteiger partial charge < -0.3 is 5.11 Å². The van der Waals surface area contributed by atoms with Crippen LogP contribution in [0, 0.1) is 15.9 Å². The number of hydrogen-bond donors (Lipinski definition) is 1. The molecule has 1 aromatic rings. The lowest BCUT2D eigenvalue weighted by molar-refractivity contribution is -0.384. The zero-order valence-electron chi connectivity index (χ0n) is 6.33. The van der Waals surface area contributed by atoms with Gasteiger partial charge in [0.1, 0.15) is 10.8 Å². The Balaban J connectivity index is 3.30. The van der Waals surface area contributed by atoms with Crippen molar-refractivity contribution in [2.45, 2.75) is 6.61 Å². The molecule has 0 aromatic heterocycles. The van der Waals surface area contributed by atoms with E-state index in [1.807, 2.05) is 0 Å². The number of aliphatic hydroxyl groups excluding tert-OH is 1. The first-order valence-corrected chi connectivity index (χ1v) is 3.67. The molecule has 0 aliphatic heterocycles. The summed E-state index contributed by atoms with van der Waals surface area (Å²) in [7, 11) is 0. The summed E-state index contributed by atoms with van der Waals surface area (Å²) >= 11 is 5.39. The van der Waals surface area contributed by atoms with E-state index >= 15 is 0 Å². The molecule has 13 heavy (non-hydrogen) atoms. The van der Waals surface area contributed by atoms with Gasteiger partial charge >= 0.3 is 0 Å². The molecule has 0 aliphatic rings. The molecule has 0 heterocycles. The molecular weight excluding hydrogens is 201 g/mol. The Morgan fingerprint density at radius 3 is 2.69 bits per heavy atom. The van der Waals surface area contributed by atoms with Crippen LogP contribution in [0.1, 0.15) is 5.56 Å². The molecule has 4 nitrogen and oxygen atoms in total. The van der Waals surface area contributed by atoms with Crippen molar-refractivity contribution in [3.8, 4) is 0 Å². The first-order valence-electron chi connectivity index (χ1n) is 3.29. The van der Waals surface area contributed by atoms with E-state index in [0.717, 1.165) is 12.1 Å². The van der Waals surface area contributed by atoms with E-state index in [-0.39, 0.29) is 10.6 Å². The Kier molecular flexibility index (Phi) is 2.79. The lowest BCUT2D eigenvalue weighted by Gasteiger charge is -2.00. The van der Waals surface area contributed by atoms with Gasteiger partial charge in [-0.2, -0.15) is 0 Å². The van der Waals surface area contributed by atoms with E-state index in [2.05, 4.69) is 0 Å². The van der Waals surface area contributed by atoms with E-state index in [4.69, 9.17) is 16.7 Å². The summed E-state index contributed by atoms with van der Waals surface area (Å²) in [5.41, 5.74) is -0.553. The fraction of sp³-hybridized carbons (Fsp3) is 0.143. The average Bonchev–Trinajstić information content (AvgIpc) is 2.03. The van der Waals surface area contributed by atoms with Crippen LogP contribution >= 0.6 is 11.6 Å². The predicted octanol–water partition coefficient (Wildman–Crippen LogP) is 1.88. The van der Waals surface area contributed by atoms with Crippen molar-refractivity contribution in [2.75, 3.05) is 0 Å². The van der Waals surface area contributed by atoms with E-state index in [1.165, 1.54) is 0 Å². The van der Waals surface area contributed by atoms with Gasteiger partial charge in [-0.25, -0.2) is 4.39 Å². The van der Waals surface area contributed by atoms with E-state index in [9.17, 15) is 14.5 Å². The van der Waals surface area contributed by atoms with Crippen LogP contribution in [0.4, 0.5) is 10.1 Å². The molecule has 0 radical (unpaired) electrons. The third kappa shape index (κ3) is 1.93. The number of nitrogens with zero attached hydrogens (tertiary/aromatic N) is 1. The van der Waals surface area contributed by atoms with Gasteiger partial charge in [-0.1, -0.05) is 11.6 Å². The molecule has 0 unspecified atom stereocenters. The molecule has 0 fully saturated rings. The minimum atomic E-state index is -0.752. The molecule has 0 aliphatic carbocycles. The van der Waals surface area contributed by atoms with Crippen LogP contribution < -0.4 is 0 Å². The Morgan fingerprint density at radius 2 is 2.23 bits per heavy atom. The minimum absolute atomic E-state index is 0.142. The summed E-state index contributed by atoms with van der Waals surface area (Å²) in [6.07, 6.45) is 0. The lowest BCUT2D eigenvalue weighted by Crippen LogP contribution is -1.95. The van der Waals surface area contributed by atoms with Crippen LogP contribution in [0.2, 0.25) is 5.02 Å². The van der Waals surface area contributed by atoms with Gasteiger partial charge in [-0.05, 0) is 6.07 Å². The Labute approximate surface area is 77.7 Å². The third-order valence-electron chi connectivity index (χ3n) is 1.48. The molecule has 0 amide bonds. The predicted molar refractivity (Wildman–Crippen MR) is 44.0 cm³/mol. The second kappa shape index (κ2) is 3.68. The van der Waals surface area contributed by atoms with Crippen molar-refractivity contribution >= 4 is 17.3 Å². The van der Waals surface area contributed by atoms with Gasteiger partial charge in [0.25, 0.3) is 5.69 Å². The van der Waals surface area contributed by atoms with Crippen molar-refractivity contribution in [1.82, 2.24) is 0 Å². The molecule has 0 atom stereocenters. The summed E-state index contributed by atoms with van der Waals surface area (Å²) in [4.78, 5) is 9.58. The van der Waals surface area contributed by atoms with Crippen LogP contribution in [0.5, 0.6) is 0 Å². The van der Waals surface area contributed by atoms with Crippen LogP contribution in [0.3, 0.4) is 0 Å². The number of aliphatic hydroxyl groups is 1. The van der Waals surface area contributed by atoms with Crippen LogP contribution in [-0.4, -0.2) is 10.0 Å². The third-order valence-corrected chi connectivity index (χ3v) is 1.79. The molecule has 1 rings (SSSR count). The fourth-order valence-corrected chi connectivity index (χ4v) is 1.06. The van der Waals surface area contributed by atoms with Crippen molar-refractivity contribution < 1.29 is 14.4 Å². The summed E-state index contributed by atoms with van der Waals surface area (Å²) in [6.45, 7) is -0.593. The largest absolute Gasteiger partial charge is 0.392 e. The van der Waals surface area contributed by atoms with Crippen LogP contribution in [0.15, 0.2) is 12.1 Å². The quantitative estimate of drug-likeness (QED) is 0.592. The fourth-order valence-electron chi connectivity index (χ4n) is 0.842. The normalized spacial score (nSPS) is 10.1. The van der Waals surface area contributed by atoms with Gasteiger partial charge in [0.15, 0.2) is 0 Å². The maximum Gasteiger partial charge on any atom is 0.288 e. The van der Waals surface area contributed by atoms with Gasteiger partial charge in [0.05, 0.1) is 11.5 Å². The molecule has 0 spiro atoms. The molecule has 0 saturated heterocycles. The number of halogens is 2. The number of nitro groups is 1. The van der Waals surface area contributed by atoms with Crippen molar-refractivity contribution in [3.05, 3.63) is 38.7 Å². The van der Waals surface area contributed by atoms with Crippen LogP contribution in [-0.2, 0) is 6.61 Å². The van der Waals surface area contributed by atoms with Crippen molar-refractivity contribution in [3.63, 3.8) is 0 Å². The van der Waals surface area contributed by atoms with Crippen molar-refractivity contribution in [2.24, 2.45) is 0 Å². The van der Waals surface area contributed by atoms with Gasteiger partial charge in [-0.15, -0.1) is 0 Å². The molecule has 1 aromatic carbocycles. The summed E-state index contributed by atoms with van der Waals surface area (Å²) in [5, 5.41) is 18.7. The standard InChI is InChI=1S/C7H5ClFNO3/c8-5-2-6(9)4(3-11)1-7(5)10(12)13/h1-2,11H,3H2. The first kappa shape index (κ1) is 9.88. The number of benzene rings is 1. The second-order valence-corrected chi connectivity index (χ2v) is 2.72. The number of hydrogen-bond acceptors (Lipinski definition) is 3. The number of nitro benzene ring substituents is 1. The molecule has 70 valence electrons. The van der Waals surface area contributed by atoms with Gasteiger partial charge in [-0.3, -0.25) is 10.1 Å². The lowest BCUT2D eigenvalue weighted by atomic mass is 10.2. The topological polar surface area (TPSA) is 63.4 Å². The highest BCUT2D eigenvalue weighted by Gasteiger charge is 2.16. The summed E-state index contributed by atoms with van der Waals surface area (Å²) in [6, 6.07) is 1.73. The van der Waals surface area contributed by atoms with Crippen LogP contribution in [0.25, 0.3) is 0 Å². The molecule has 6 heteroatoms. The summed E-state index contributed by atoms with van der Waals surface area (Å²) in [5.74, 6) is -0.752. The zero-order valence-corrected chi connectivity index (χ0v) is 7.08.